The number of rotatable bonds is 26. The fourth-order valence-corrected chi connectivity index (χ4v) is 18.4. The van der Waals surface area contributed by atoms with Crippen LogP contribution in [0.3, 0.4) is 0 Å². The summed E-state index contributed by atoms with van der Waals surface area (Å²) in [6.07, 6.45) is 3.06. The molecule has 1 N–H and O–H groups in total. The van der Waals surface area contributed by atoms with Crippen LogP contribution in [-0.4, -0.2) is 143 Å². The third-order valence-corrected chi connectivity index (χ3v) is 24.3. The number of fused-ring (bicyclic) bond motifs is 1. The Balaban J connectivity index is 1.13. The van der Waals surface area contributed by atoms with Gasteiger partial charge in [0.15, 0.2) is 38.8 Å². The smallest absolute Gasteiger partial charge is 0.407 e. The van der Waals surface area contributed by atoms with Crippen molar-refractivity contribution >= 4 is 88.5 Å². The van der Waals surface area contributed by atoms with Gasteiger partial charge in [0.25, 0.3) is 8.32 Å². The summed E-state index contributed by atoms with van der Waals surface area (Å²) in [5.41, 5.74) is 1.99. The highest BCUT2D eigenvalue weighted by molar-refractivity contribution is 7.16. The van der Waals surface area contributed by atoms with Crippen LogP contribution in [0.25, 0.3) is 10.2 Å². The molecule has 4 aromatic carbocycles. The topological polar surface area (TPSA) is 158 Å². The minimum Gasteiger partial charge on any atom is -0.491 e. The van der Waals surface area contributed by atoms with Crippen molar-refractivity contribution < 1.29 is 37.4 Å². The highest BCUT2D eigenvalue weighted by Crippen LogP contribution is 2.39. The Morgan fingerprint density at radius 3 is 2.19 bits per heavy atom. The second-order valence-electron chi connectivity index (χ2n) is 26.3. The predicted molar refractivity (Wildman–Crippen MR) is 363 cm³/mol. The molecule has 1 aliphatic heterocycles. The van der Waals surface area contributed by atoms with Crippen molar-refractivity contribution in [2.24, 2.45) is 4.99 Å². The Morgan fingerprint density at radius 2 is 1.56 bits per heavy atom. The average Bonchev–Trinajstić information content (AvgIpc) is 1.15. The molecule has 8 rings (SSSR count). The lowest BCUT2D eigenvalue weighted by molar-refractivity contribution is 0.0460. The zero-order valence-electron chi connectivity index (χ0n) is 54.3. The first kappa shape index (κ1) is 68.3. The van der Waals surface area contributed by atoms with E-state index in [9.17, 15) is 9.59 Å². The number of methoxy groups -OCH3 is 1. The number of carbonyl (C=O) groups excluding carboxylic acids is 2. The van der Waals surface area contributed by atoms with Crippen molar-refractivity contribution in [2.45, 2.75) is 142 Å². The van der Waals surface area contributed by atoms with Crippen LogP contribution in [-0.2, 0) is 31.8 Å². The molecule has 0 radical (unpaired) electrons. The van der Waals surface area contributed by atoms with E-state index < -0.39 is 39.9 Å². The number of nitrogens with one attached hydrogen (secondary N) is 1. The Morgan fingerprint density at radius 1 is 0.876 bits per heavy atom. The molecule has 3 aromatic heterocycles. The number of aromatic nitrogens is 4. The summed E-state index contributed by atoms with van der Waals surface area (Å²) in [5, 5.41) is 15.5. The Kier molecular flexibility index (Phi) is 23.7. The van der Waals surface area contributed by atoms with Gasteiger partial charge in [0.1, 0.15) is 12.3 Å². The number of carbonyl (C=O) groups is 2. The standard InChI is InChI=1S/C68H90FN9O7S2Si2/c1-49-45-60(73-74-62(49)72-65-78(48-82-43-44-88(11,12)13)56-31-20-21-32-58(56)86-65)77(64-71-61(63(79)81-10)59(87-64)33-24-42-83-57-35-34-50(46-55(57)69)25-22-38-75(8)9)39-23-26-52(47-76-40-36-51(37-41-76)70-66(80)84-67(2,3)4)85-89(68(5,6)7,53-27-16-14-17-28-53)54-29-18-15-19-30-54/h14-21,27-32,34-35,45-46,51-52H,23-24,26,33,36-44,47-48H2,1-13H3,(H,70,80). The molecule has 16 nitrogen and oxygen atoms in total. The van der Waals surface area contributed by atoms with Gasteiger partial charge in [0.05, 0.1) is 36.6 Å². The first-order valence-corrected chi connectivity index (χ1v) is 38.1. The van der Waals surface area contributed by atoms with Gasteiger partial charge in [-0.1, -0.05) is 136 Å². The molecule has 0 aliphatic carbocycles. The van der Waals surface area contributed by atoms with E-state index in [1.54, 1.807) is 23.5 Å². The van der Waals surface area contributed by atoms with Gasteiger partial charge in [-0.3, -0.25) is 9.47 Å². The molecule has 1 saturated heterocycles. The molecule has 1 unspecified atom stereocenters. The second-order valence-corrected chi connectivity index (χ2v) is 38.2. The number of hydrogen-bond acceptors (Lipinski definition) is 16. The largest absolute Gasteiger partial charge is 0.491 e. The van der Waals surface area contributed by atoms with Gasteiger partial charge >= 0.3 is 12.1 Å². The molecule has 0 bridgehead atoms. The van der Waals surface area contributed by atoms with E-state index in [0.29, 0.717) is 85.9 Å². The molecule has 89 heavy (non-hydrogen) atoms. The molecule has 1 amide bonds. The molecule has 0 spiro atoms. The van der Waals surface area contributed by atoms with Crippen molar-refractivity contribution in [2.75, 3.05) is 72.0 Å². The monoisotopic (exact) mass is 1280 g/mol. The molecule has 1 fully saturated rings. The van der Waals surface area contributed by atoms with Crippen LogP contribution in [0.15, 0.2) is 114 Å². The number of benzene rings is 4. The van der Waals surface area contributed by atoms with E-state index in [2.05, 4.69) is 140 Å². The number of para-hydroxylation sites is 1. The van der Waals surface area contributed by atoms with E-state index in [0.717, 1.165) is 52.6 Å². The van der Waals surface area contributed by atoms with Gasteiger partial charge in [-0.25, -0.2) is 19.0 Å². The lowest BCUT2D eigenvalue weighted by Crippen LogP contribution is -2.68. The lowest BCUT2D eigenvalue weighted by Gasteiger charge is -2.46. The number of aryl methyl sites for hydroxylation is 2. The number of piperidine rings is 1. The maximum atomic E-state index is 15.3. The van der Waals surface area contributed by atoms with Gasteiger partial charge in [0.2, 0.25) is 0 Å². The number of ether oxygens (including phenoxy) is 4. The third-order valence-electron chi connectivity index (χ3n) is 15.3. The van der Waals surface area contributed by atoms with Crippen molar-refractivity contribution in [1.82, 2.24) is 34.9 Å². The minimum atomic E-state index is -3.07. The van der Waals surface area contributed by atoms with Crippen LogP contribution >= 0.6 is 22.7 Å². The first-order valence-electron chi connectivity index (χ1n) is 30.9. The SMILES string of the molecule is COC(=O)c1nc(N(CCCC(CN2CCC(NC(=O)OC(C)(C)C)CC2)O[Si](c2ccccc2)(c2ccccc2)C(C)(C)C)c2cc(C)c(N=c3sc4ccccc4n3COCC[Si](C)(C)C)nn2)sc1CCCOc1ccc(C#CCN(C)C)cc1F. The number of anilines is 2. The minimum absolute atomic E-state index is 0.0106. The number of amides is 1. The van der Waals surface area contributed by atoms with Crippen LogP contribution in [0, 0.1) is 24.6 Å². The van der Waals surface area contributed by atoms with Crippen LogP contribution in [0.4, 0.5) is 26.0 Å². The fraction of sp³-hybridized carbons (Fsp3) is 0.471. The Labute approximate surface area is 536 Å². The molecule has 0 saturated carbocycles. The van der Waals surface area contributed by atoms with E-state index in [-0.39, 0.29) is 35.2 Å². The Bertz CT molecular complexity index is 3560. The molecule has 21 heteroatoms. The summed E-state index contributed by atoms with van der Waals surface area (Å²) in [6.45, 7) is 26.0. The average molecular weight is 1280 g/mol. The molecule has 476 valence electrons. The van der Waals surface area contributed by atoms with Crippen molar-refractivity contribution in [3.05, 3.63) is 142 Å². The number of halogens is 1. The molecule has 1 aliphatic rings. The van der Waals surface area contributed by atoms with E-state index in [4.69, 9.17) is 43.5 Å². The molecule has 4 heterocycles. The van der Waals surface area contributed by atoms with Crippen LogP contribution < -0.4 is 30.1 Å². The maximum absolute atomic E-state index is 15.3. The normalized spacial score (nSPS) is 14.2. The van der Waals surface area contributed by atoms with Gasteiger partial charge in [-0.2, -0.15) is 4.99 Å². The van der Waals surface area contributed by atoms with Crippen molar-refractivity contribution in [3.63, 3.8) is 0 Å². The highest BCUT2D eigenvalue weighted by atomic mass is 32.1. The third kappa shape index (κ3) is 19.0. The van der Waals surface area contributed by atoms with Gasteiger partial charge in [-0.05, 0) is 144 Å². The van der Waals surface area contributed by atoms with Crippen molar-refractivity contribution in [1.29, 1.82) is 0 Å². The summed E-state index contributed by atoms with van der Waals surface area (Å²) >= 11 is 2.96. The summed E-state index contributed by atoms with van der Waals surface area (Å²) in [5.74, 6) is 6.12. The van der Waals surface area contributed by atoms with Gasteiger partial charge in [-0.15, -0.1) is 21.5 Å². The molecule has 1 atom stereocenters. The maximum Gasteiger partial charge on any atom is 0.407 e. The first-order chi connectivity index (χ1) is 42.4. The van der Waals surface area contributed by atoms with Crippen LogP contribution in [0.5, 0.6) is 5.75 Å². The Hall–Kier alpha value is -6.62. The fourth-order valence-electron chi connectivity index (χ4n) is 10.8. The van der Waals surface area contributed by atoms with Crippen LogP contribution in [0.2, 0.25) is 30.7 Å². The zero-order valence-corrected chi connectivity index (χ0v) is 57.9. The summed E-state index contributed by atoms with van der Waals surface area (Å²) in [6, 6.07) is 37.5. The quantitative estimate of drug-likeness (QED) is 0.0237. The van der Waals surface area contributed by atoms with Crippen LogP contribution in [0.1, 0.15) is 100 Å². The summed E-state index contributed by atoms with van der Waals surface area (Å²) in [4.78, 5) is 44.7. The number of nitrogens with zero attached hydrogens (tertiary/aromatic N) is 8. The van der Waals surface area contributed by atoms with E-state index in [1.165, 1.54) is 34.9 Å². The summed E-state index contributed by atoms with van der Waals surface area (Å²) in [7, 11) is 0.831. The van der Waals surface area contributed by atoms with E-state index in [1.807, 2.05) is 69.8 Å². The number of alkyl carbamates (subject to hydrolysis) is 1. The van der Waals surface area contributed by atoms with Gasteiger partial charge < -0.3 is 38.5 Å². The molecule has 7 aromatic rings. The molecular formula is C68H90FN9O7S2Si2. The molecular weight excluding hydrogens is 1190 g/mol. The number of hydrogen-bond donors (Lipinski definition) is 1. The van der Waals surface area contributed by atoms with E-state index >= 15 is 4.39 Å². The highest BCUT2D eigenvalue weighted by Gasteiger charge is 2.51. The number of likely N-dealkylation sites (tertiary alicyclic amines) is 1. The van der Waals surface area contributed by atoms with Gasteiger partial charge in [0, 0.05) is 57.3 Å². The van der Waals surface area contributed by atoms with Crippen molar-refractivity contribution in [3.8, 4) is 17.6 Å². The number of esters is 1. The second kappa shape index (κ2) is 30.9. The lowest BCUT2D eigenvalue weighted by atomic mass is 10.0. The predicted octanol–water partition coefficient (Wildman–Crippen LogP) is 12.5. The summed E-state index contributed by atoms with van der Waals surface area (Å²) < 4.78 is 49.8. The number of thiazole rings is 2. The zero-order chi connectivity index (χ0) is 63.9.